The third-order valence-electron chi connectivity index (χ3n) is 3.59. The molecule has 1 N–H and O–H groups in total. The Bertz CT molecular complexity index is 356. The molecule has 0 aliphatic carbocycles. The number of carbonyl (C=O) groups is 2. The number of Topliss-reactive ketones (excluding diaryl/α,β-unsaturated/α-hetero) is 1. The maximum absolute atomic E-state index is 11.4. The van der Waals surface area contributed by atoms with Gasteiger partial charge in [-0.1, -0.05) is 20.8 Å². The van der Waals surface area contributed by atoms with Crippen molar-refractivity contribution in [2.45, 2.75) is 34.1 Å². The van der Waals surface area contributed by atoms with Crippen molar-refractivity contribution in [3.05, 3.63) is 11.3 Å². The van der Waals surface area contributed by atoms with Crippen molar-refractivity contribution >= 4 is 11.8 Å². The van der Waals surface area contributed by atoms with Crippen LogP contribution in [-0.2, 0) is 14.3 Å². The standard InChI is InChI=1S/C13H20O4/c1-5-7(2)12-11(13(15)16)10(6-17-12)8(3)9(4)14/h7-8,10H,5-6H2,1-4H3,(H,15,16). The monoisotopic (exact) mass is 240 g/mol. The molecule has 1 heterocycles. The van der Waals surface area contributed by atoms with Gasteiger partial charge >= 0.3 is 5.97 Å². The zero-order chi connectivity index (χ0) is 13.2. The summed E-state index contributed by atoms with van der Waals surface area (Å²) in [7, 11) is 0. The number of aliphatic carboxylic acids is 1. The van der Waals surface area contributed by atoms with Crippen molar-refractivity contribution in [2.24, 2.45) is 17.8 Å². The number of ketones is 1. The van der Waals surface area contributed by atoms with E-state index < -0.39 is 5.97 Å². The maximum Gasteiger partial charge on any atom is 0.335 e. The van der Waals surface area contributed by atoms with Gasteiger partial charge in [-0.15, -0.1) is 0 Å². The minimum atomic E-state index is -0.962. The van der Waals surface area contributed by atoms with Crippen LogP contribution in [0.4, 0.5) is 0 Å². The molecule has 0 aromatic carbocycles. The zero-order valence-electron chi connectivity index (χ0n) is 10.8. The molecule has 0 spiro atoms. The van der Waals surface area contributed by atoms with Gasteiger partial charge in [-0.2, -0.15) is 0 Å². The van der Waals surface area contributed by atoms with E-state index in [2.05, 4.69) is 0 Å². The Morgan fingerprint density at radius 3 is 2.47 bits per heavy atom. The van der Waals surface area contributed by atoms with Gasteiger partial charge in [-0.25, -0.2) is 4.79 Å². The molecule has 0 fully saturated rings. The van der Waals surface area contributed by atoms with Crippen LogP contribution in [-0.4, -0.2) is 23.5 Å². The minimum Gasteiger partial charge on any atom is -0.496 e. The van der Waals surface area contributed by atoms with Gasteiger partial charge in [0.25, 0.3) is 0 Å². The molecule has 4 nitrogen and oxygen atoms in total. The minimum absolute atomic E-state index is 0.00255. The van der Waals surface area contributed by atoms with Crippen molar-refractivity contribution < 1.29 is 19.4 Å². The highest BCUT2D eigenvalue weighted by Crippen LogP contribution is 2.36. The Morgan fingerprint density at radius 2 is 2.06 bits per heavy atom. The SMILES string of the molecule is CCC(C)C1=C(C(=O)O)C(C(C)C(C)=O)CO1. The van der Waals surface area contributed by atoms with Crippen molar-refractivity contribution in [3.63, 3.8) is 0 Å². The fraction of sp³-hybridized carbons (Fsp3) is 0.692. The predicted octanol–water partition coefficient (Wildman–Crippen LogP) is 2.24. The van der Waals surface area contributed by atoms with Crippen molar-refractivity contribution in [1.82, 2.24) is 0 Å². The molecule has 17 heavy (non-hydrogen) atoms. The first-order valence-electron chi connectivity index (χ1n) is 6.00. The van der Waals surface area contributed by atoms with Gasteiger partial charge in [0.2, 0.25) is 0 Å². The molecule has 0 aromatic heterocycles. The number of allylic oxidation sites excluding steroid dienone is 1. The van der Waals surface area contributed by atoms with E-state index >= 15 is 0 Å². The summed E-state index contributed by atoms with van der Waals surface area (Å²) in [5.41, 5.74) is 0.294. The first kappa shape index (κ1) is 13.7. The van der Waals surface area contributed by atoms with E-state index in [1.165, 1.54) is 6.92 Å². The van der Waals surface area contributed by atoms with Crippen LogP contribution in [0.25, 0.3) is 0 Å². The summed E-state index contributed by atoms with van der Waals surface area (Å²) in [6.07, 6.45) is 0.827. The van der Waals surface area contributed by atoms with Crippen LogP contribution in [0.15, 0.2) is 11.3 Å². The number of carboxylic acid groups (broad SMARTS) is 1. The van der Waals surface area contributed by atoms with E-state index in [1.807, 2.05) is 13.8 Å². The number of rotatable bonds is 5. The fourth-order valence-corrected chi connectivity index (χ4v) is 2.06. The molecule has 4 heteroatoms. The molecule has 3 unspecified atom stereocenters. The second-order valence-electron chi connectivity index (χ2n) is 4.71. The third-order valence-corrected chi connectivity index (χ3v) is 3.59. The molecule has 0 amide bonds. The lowest BCUT2D eigenvalue weighted by Gasteiger charge is -2.15. The van der Waals surface area contributed by atoms with Gasteiger partial charge < -0.3 is 9.84 Å². The molecule has 3 atom stereocenters. The second kappa shape index (κ2) is 5.34. The van der Waals surface area contributed by atoms with Crippen molar-refractivity contribution in [3.8, 4) is 0 Å². The molecule has 0 bridgehead atoms. The van der Waals surface area contributed by atoms with Gasteiger partial charge in [0, 0.05) is 17.8 Å². The highest BCUT2D eigenvalue weighted by molar-refractivity contribution is 5.90. The predicted molar refractivity (Wildman–Crippen MR) is 63.4 cm³/mol. The molecule has 1 rings (SSSR count). The third kappa shape index (κ3) is 2.68. The summed E-state index contributed by atoms with van der Waals surface area (Å²) in [5, 5.41) is 9.28. The molecular weight excluding hydrogens is 220 g/mol. The van der Waals surface area contributed by atoms with Gasteiger partial charge in [0.05, 0.1) is 12.2 Å². The highest BCUT2D eigenvalue weighted by atomic mass is 16.5. The highest BCUT2D eigenvalue weighted by Gasteiger charge is 2.38. The van der Waals surface area contributed by atoms with Gasteiger partial charge in [-0.05, 0) is 13.3 Å². The summed E-state index contributed by atoms with van der Waals surface area (Å²) in [6, 6.07) is 0. The Labute approximate surface area is 102 Å². The van der Waals surface area contributed by atoms with Crippen LogP contribution in [0, 0.1) is 17.8 Å². The number of ether oxygens (including phenoxy) is 1. The summed E-state index contributed by atoms with van der Waals surface area (Å²) in [4.78, 5) is 22.7. The Balaban J connectivity index is 3.08. The van der Waals surface area contributed by atoms with Crippen LogP contribution < -0.4 is 0 Å². The van der Waals surface area contributed by atoms with Crippen LogP contribution in [0.2, 0.25) is 0 Å². The van der Waals surface area contributed by atoms with Crippen LogP contribution in [0.1, 0.15) is 34.1 Å². The average molecular weight is 240 g/mol. The van der Waals surface area contributed by atoms with E-state index in [1.54, 1.807) is 6.92 Å². The van der Waals surface area contributed by atoms with Crippen molar-refractivity contribution in [2.75, 3.05) is 6.61 Å². The van der Waals surface area contributed by atoms with E-state index in [4.69, 9.17) is 4.74 Å². The number of hydrogen-bond donors (Lipinski definition) is 1. The fourth-order valence-electron chi connectivity index (χ4n) is 2.06. The number of carboxylic acids is 1. The molecule has 1 aliphatic rings. The van der Waals surface area contributed by atoms with Gasteiger partial charge in [0.15, 0.2) is 0 Å². The number of carbonyl (C=O) groups excluding carboxylic acids is 1. The smallest absolute Gasteiger partial charge is 0.335 e. The van der Waals surface area contributed by atoms with Crippen LogP contribution in [0.5, 0.6) is 0 Å². The zero-order valence-corrected chi connectivity index (χ0v) is 10.8. The molecule has 0 radical (unpaired) electrons. The van der Waals surface area contributed by atoms with Gasteiger partial charge in [0.1, 0.15) is 11.5 Å². The molecular formula is C13H20O4. The van der Waals surface area contributed by atoms with E-state index in [0.29, 0.717) is 17.9 Å². The summed E-state index contributed by atoms with van der Waals surface area (Å²) >= 11 is 0. The number of hydrogen-bond acceptors (Lipinski definition) is 3. The average Bonchev–Trinajstić information content (AvgIpc) is 2.71. The van der Waals surface area contributed by atoms with E-state index in [-0.39, 0.29) is 23.5 Å². The first-order chi connectivity index (χ1) is 7.90. The van der Waals surface area contributed by atoms with Crippen molar-refractivity contribution in [1.29, 1.82) is 0 Å². The molecule has 1 aliphatic heterocycles. The second-order valence-corrected chi connectivity index (χ2v) is 4.71. The summed E-state index contributed by atoms with van der Waals surface area (Å²) in [6.45, 7) is 7.49. The maximum atomic E-state index is 11.4. The molecule has 0 saturated carbocycles. The summed E-state index contributed by atoms with van der Waals surface area (Å²) < 4.78 is 5.51. The lowest BCUT2D eigenvalue weighted by Crippen LogP contribution is -2.24. The molecule has 0 saturated heterocycles. The normalized spacial score (nSPS) is 23.2. The lowest BCUT2D eigenvalue weighted by atomic mass is 9.84. The quantitative estimate of drug-likeness (QED) is 0.800. The van der Waals surface area contributed by atoms with Crippen LogP contribution >= 0.6 is 0 Å². The van der Waals surface area contributed by atoms with Crippen LogP contribution in [0.3, 0.4) is 0 Å². The van der Waals surface area contributed by atoms with Gasteiger partial charge in [-0.3, -0.25) is 4.79 Å². The Morgan fingerprint density at radius 1 is 1.47 bits per heavy atom. The Hall–Kier alpha value is -1.32. The summed E-state index contributed by atoms with van der Waals surface area (Å²) in [5.74, 6) is -0.932. The molecule has 0 aromatic rings. The van der Waals surface area contributed by atoms with E-state index in [0.717, 1.165) is 6.42 Å². The van der Waals surface area contributed by atoms with E-state index in [9.17, 15) is 14.7 Å². The Kier molecular flexibility index (Phi) is 4.32. The molecule has 96 valence electrons. The lowest BCUT2D eigenvalue weighted by molar-refractivity contribution is -0.133. The largest absolute Gasteiger partial charge is 0.496 e. The topological polar surface area (TPSA) is 63.6 Å². The first-order valence-corrected chi connectivity index (χ1v) is 6.00.